The highest BCUT2D eigenvalue weighted by Gasteiger charge is 2.38. The minimum Gasteiger partial charge on any atom is -0.383 e. The topological polar surface area (TPSA) is 52.3 Å². The summed E-state index contributed by atoms with van der Waals surface area (Å²) in [4.78, 5) is 12.0. The van der Waals surface area contributed by atoms with Gasteiger partial charge < -0.3 is 10.5 Å². The third-order valence-corrected chi connectivity index (χ3v) is 3.77. The number of hydrogen-bond donors (Lipinski definition) is 1. The number of hydrogen-bond acceptors (Lipinski definition) is 2. The standard InChI is InChI=1S/C16H19NO2/c1-3-16(11-19-2,15(17)18)14-10-6-8-12-7-4-5-9-13(12)14/h4-10H,3,11H2,1-2H3,(H2,17,18). The first kappa shape index (κ1) is 13.6. The third kappa shape index (κ3) is 2.22. The first-order chi connectivity index (χ1) is 9.15. The van der Waals surface area contributed by atoms with Crippen molar-refractivity contribution in [2.75, 3.05) is 13.7 Å². The van der Waals surface area contributed by atoms with E-state index in [9.17, 15) is 4.79 Å². The van der Waals surface area contributed by atoms with Crippen LogP contribution in [0.5, 0.6) is 0 Å². The maximum Gasteiger partial charge on any atom is 0.230 e. The van der Waals surface area contributed by atoms with Crippen LogP contribution in [0.2, 0.25) is 0 Å². The molecule has 0 aliphatic heterocycles. The Morgan fingerprint density at radius 2 is 1.89 bits per heavy atom. The van der Waals surface area contributed by atoms with Gasteiger partial charge in [0.25, 0.3) is 0 Å². The van der Waals surface area contributed by atoms with Gasteiger partial charge in [-0.15, -0.1) is 0 Å². The molecule has 0 heterocycles. The Morgan fingerprint density at radius 3 is 2.53 bits per heavy atom. The number of carbonyl (C=O) groups excluding carboxylic acids is 1. The maximum atomic E-state index is 12.0. The van der Waals surface area contributed by atoms with E-state index in [1.165, 1.54) is 0 Å². The summed E-state index contributed by atoms with van der Waals surface area (Å²) in [6.07, 6.45) is 0.615. The molecular weight excluding hydrogens is 238 g/mol. The molecule has 0 aromatic heterocycles. The average molecular weight is 257 g/mol. The molecule has 19 heavy (non-hydrogen) atoms. The molecule has 2 rings (SSSR count). The van der Waals surface area contributed by atoms with Gasteiger partial charge >= 0.3 is 0 Å². The summed E-state index contributed by atoms with van der Waals surface area (Å²) in [6.45, 7) is 2.26. The lowest BCUT2D eigenvalue weighted by molar-refractivity contribution is -0.125. The fraction of sp³-hybridized carbons (Fsp3) is 0.312. The fourth-order valence-electron chi connectivity index (χ4n) is 2.64. The number of fused-ring (bicyclic) bond motifs is 1. The first-order valence-electron chi connectivity index (χ1n) is 6.43. The Kier molecular flexibility index (Phi) is 3.86. The Hall–Kier alpha value is -1.87. The summed E-state index contributed by atoms with van der Waals surface area (Å²) < 4.78 is 5.26. The van der Waals surface area contributed by atoms with Gasteiger partial charge in [-0.25, -0.2) is 0 Å². The highest BCUT2D eigenvalue weighted by atomic mass is 16.5. The molecule has 0 spiro atoms. The molecule has 3 heteroatoms. The van der Waals surface area contributed by atoms with Crippen molar-refractivity contribution in [3.63, 3.8) is 0 Å². The summed E-state index contributed by atoms with van der Waals surface area (Å²) in [5.74, 6) is -0.340. The van der Waals surface area contributed by atoms with Gasteiger partial charge in [-0.2, -0.15) is 0 Å². The van der Waals surface area contributed by atoms with Crippen molar-refractivity contribution in [1.29, 1.82) is 0 Å². The van der Waals surface area contributed by atoms with Crippen molar-refractivity contribution < 1.29 is 9.53 Å². The van der Waals surface area contributed by atoms with Crippen LogP contribution < -0.4 is 5.73 Å². The lowest BCUT2D eigenvalue weighted by Crippen LogP contribution is -2.44. The van der Waals surface area contributed by atoms with Crippen molar-refractivity contribution in [2.45, 2.75) is 18.8 Å². The zero-order valence-corrected chi connectivity index (χ0v) is 11.3. The maximum absolute atomic E-state index is 12.0. The van der Waals surface area contributed by atoms with Crippen LogP contribution in [0.1, 0.15) is 18.9 Å². The molecule has 2 aromatic rings. The van der Waals surface area contributed by atoms with Gasteiger partial charge in [0, 0.05) is 7.11 Å². The van der Waals surface area contributed by atoms with Crippen LogP contribution in [0.25, 0.3) is 10.8 Å². The van der Waals surface area contributed by atoms with Crippen molar-refractivity contribution in [2.24, 2.45) is 5.73 Å². The van der Waals surface area contributed by atoms with Crippen LogP contribution >= 0.6 is 0 Å². The minimum absolute atomic E-state index is 0.298. The monoisotopic (exact) mass is 257 g/mol. The Labute approximate surface area is 113 Å². The quantitative estimate of drug-likeness (QED) is 0.895. The third-order valence-electron chi connectivity index (χ3n) is 3.77. The minimum atomic E-state index is -0.768. The van der Waals surface area contributed by atoms with E-state index < -0.39 is 5.41 Å². The number of ether oxygens (including phenoxy) is 1. The van der Waals surface area contributed by atoms with Crippen molar-refractivity contribution in [1.82, 2.24) is 0 Å². The Balaban J connectivity index is 2.72. The zero-order chi connectivity index (χ0) is 13.9. The summed E-state index contributed by atoms with van der Waals surface area (Å²) in [5, 5.41) is 2.16. The zero-order valence-electron chi connectivity index (χ0n) is 11.3. The van der Waals surface area contributed by atoms with E-state index in [2.05, 4.69) is 0 Å². The number of benzene rings is 2. The lowest BCUT2D eigenvalue weighted by atomic mass is 9.76. The second-order valence-electron chi connectivity index (χ2n) is 4.76. The molecule has 1 amide bonds. The van der Waals surface area contributed by atoms with Crippen LogP contribution in [0.15, 0.2) is 42.5 Å². The van der Waals surface area contributed by atoms with Gasteiger partial charge in [-0.1, -0.05) is 49.4 Å². The number of carbonyl (C=O) groups is 1. The molecule has 0 aliphatic rings. The SMILES string of the molecule is CCC(COC)(C(N)=O)c1cccc2ccccc12. The molecule has 0 fully saturated rings. The first-order valence-corrected chi connectivity index (χ1v) is 6.43. The number of rotatable bonds is 5. The van der Waals surface area contributed by atoms with Crippen LogP contribution in [0, 0.1) is 0 Å². The molecule has 0 aliphatic carbocycles. The summed E-state index contributed by atoms with van der Waals surface area (Å²) >= 11 is 0. The molecule has 1 unspecified atom stereocenters. The molecule has 3 nitrogen and oxygen atoms in total. The van der Waals surface area contributed by atoms with E-state index in [0.29, 0.717) is 13.0 Å². The summed E-state index contributed by atoms with van der Waals surface area (Å²) in [7, 11) is 1.60. The van der Waals surface area contributed by atoms with Crippen molar-refractivity contribution in [3.05, 3.63) is 48.0 Å². The van der Waals surface area contributed by atoms with Gasteiger partial charge in [0.05, 0.1) is 12.0 Å². The number of methoxy groups -OCH3 is 1. The summed E-state index contributed by atoms with van der Waals surface area (Å²) in [6, 6.07) is 14.0. The molecule has 0 radical (unpaired) electrons. The van der Waals surface area contributed by atoms with Crippen LogP contribution in [0.4, 0.5) is 0 Å². The van der Waals surface area contributed by atoms with Crippen LogP contribution in [-0.4, -0.2) is 19.6 Å². The molecule has 2 N–H and O–H groups in total. The van der Waals surface area contributed by atoms with E-state index in [4.69, 9.17) is 10.5 Å². The van der Waals surface area contributed by atoms with E-state index in [1.807, 2.05) is 49.4 Å². The molecule has 100 valence electrons. The molecule has 1 atom stereocenters. The van der Waals surface area contributed by atoms with Gasteiger partial charge in [0.2, 0.25) is 5.91 Å². The molecular formula is C16H19NO2. The van der Waals surface area contributed by atoms with Crippen molar-refractivity contribution in [3.8, 4) is 0 Å². The number of primary amides is 1. The van der Waals surface area contributed by atoms with Gasteiger partial charge in [-0.3, -0.25) is 4.79 Å². The number of nitrogens with two attached hydrogens (primary N) is 1. The van der Waals surface area contributed by atoms with Crippen molar-refractivity contribution >= 4 is 16.7 Å². The molecule has 0 saturated heterocycles. The van der Waals surface area contributed by atoms with E-state index in [0.717, 1.165) is 16.3 Å². The van der Waals surface area contributed by atoms with Crippen LogP contribution in [0.3, 0.4) is 0 Å². The Morgan fingerprint density at radius 1 is 1.21 bits per heavy atom. The predicted molar refractivity (Wildman–Crippen MR) is 77.0 cm³/mol. The van der Waals surface area contributed by atoms with Crippen LogP contribution in [-0.2, 0) is 14.9 Å². The average Bonchev–Trinajstić information content (AvgIpc) is 2.44. The second kappa shape index (κ2) is 5.41. The molecule has 0 saturated carbocycles. The second-order valence-corrected chi connectivity index (χ2v) is 4.76. The highest BCUT2D eigenvalue weighted by molar-refractivity contribution is 5.95. The van der Waals surface area contributed by atoms with Gasteiger partial charge in [0.1, 0.15) is 0 Å². The predicted octanol–water partition coefficient (Wildman–Crippen LogP) is 2.62. The molecule has 0 bridgehead atoms. The summed E-state index contributed by atoms with van der Waals surface area (Å²) in [5.41, 5.74) is 5.85. The smallest absolute Gasteiger partial charge is 0.230 e. The van der Waals surface area contributed by atoms with E-state index in [-0.39, 0.29) is 5.91 Å². The van der Waals surface area contributed by atoms with Gasteiger partial charge in [0.15, 0.2) is 0 Å². The Bertz CT molecular complexity index is 589. The van der Waals surface area contributed by atoms with E-state index >= 15 is 0 Å². The van der Waals surface area contributed by atoms with Gasteiger partial charge in [-0.05, 0) is 22.8 Å². The highest BCUT2D eigenvalue weighted by Crippen LogP contribution is 2.33. The molecule has 2 aromatic carbocycles. The fourth-order valence-corrected chi connectivity index (χ4v) is 2.64. The van der Waals surface area contributed by atoms with E-state index in [1.54, 1.807) is 7.11 Å². The normalized spacial score (nSPS) is 14.2. The lowest BCUT2D eigenvalue weighted by Gasteiger charge is -2.30. The number of amides is 1. The largest absolute Gasteiger partial charge is 0.383 e.